The van der Waals surface area contributed by atoms with Crippen LogP contribution in [0.1, 0.15) is 19.5 Å². The van der Waals surface area contributed by atoms with E-state index in [-0.39, 0.29) is 12.5 Å². The first-order valence-electron chi connectivity index (χ1n) is 6.20. The summed E-state index contributed by atoms with van der Waals surface area (Å²) >= 11 is 11.7. The molecule has 21 heavy (non-hydrogen) atoms. The van der Waals surface area contributed by atoms with Gasteiger partial charge in [-0.05, 0) is 32.0 Å². The van der Waals surface area contributed by atoms with Crippen molar-refractivity contribution in [2.45, 2.75) is 25.9 Å². The molecule has 0 radical (unpaired) electrons. The van der Waals surface area contributed by atoms with E-state index in [0.29, 0.717) is 21.4 Å². The molecule has 0 fully saturated rings. The SMILES string of the molecule is CC(C)(N)c1cn(CC(=O)Nc2ccc(Cl)c(Cl)c2)nn1. The molecule has 1 heterocycles. The van der Waals surface area contributed by atoms with E-state index in [1.807, 2.05) is 13.8 Å². The predicted octanol–water partition coefficient (Wildman–Crippen LogP) is 2.42. The van der Waals surface area contributed by atoms with Gasteiger partial charge in [-0.25, -0.2) is 4.68 Å². The van der Waals surface area contributed by atoms with Crippen LogP contribution in [-0.4, -0.2) is 20.9 Å². The second-order valence-electron chi connectivity index (χ2n) is 5.20. The Bertz CT molecular complexity index is 663. The van der Waals surface area contributed by atoms with E-state index in [1.54, 1.807) is 24.4 Å². The summed E-state index contributed by atoms with van der Waals surface area (Å²) in [6, 6.07) is 4.86. The van der Waals surface area contributed by atoms with Crippen molar-refractivity contribution in [3.05, 3.63) is 40.1 Å². The second kappa shape index (κ2) is 6.01. The van der Waals surface area contributed by atoms with E-state index in [9.17, 15) is 4.79 Å². The van der Waals surface area contributed by atoms with Crippen molar-refractivity contribution in [1.82, 2.24) is 15.0 Å². The Hall–Kier alpha value is -1.63. The molecule has 0 atom stereocenters. The second-order valence-corrected chi connectivity index (χ2v) is 6.01. The maximum Gasteiger partial charge on any atom is 0.246 e. The number of rotatable bonds is 4. The normalized spacial score (nSPS) is 11.5. The fourth-order valence-corrected chi connectivity index (χ4v) is 1.89. The smallest absolute Gasteiger partial charge is 0.246 e. The number of halogens is 2. The zero-order valence-corrected chi connectivity index (χ0v) is 13.1. The Morgan fingerprint density at radius 2 is 2.10 bits per heavy atom. The van der Waals surface area contributed by atoms with Gasteiger partial charge < -0.3 is 11.1 Å². The molecule has 1 aromatic carbocycles. The average Bonchev–Trinajstić information content (AvgIpc) is 2.82. The molecule has 1 aromatic heterocycles. The topological polar surface area (TPSA) is 85.8 Å². The zero-order chi connectivity index (χ0) is 15.6. The number of nitrogens with one attached hydrogen (secondary N) is 1. The number of carbonyl (C=O) groups excluding carboxylic acids is 1. The number of hydrogen-bond donors (Lipinski definition) is 2. The zero-order valence-electron chi connectivity index (χ0n) is 11.6. The fourth-order valence-electron chi connectivity index (χ4n) is 1.59. The summed E-state index contributed by atoms with van der Waals surface area (Å²) in [6.45, 7) is 3.66. The Labute approximate surface area is 132 Å². The molecule has 0 unspecified atom stereocenters. The van der Waals surface area contributed by atoms with Crippen molar-refractivity contribution in [2.24, 2.45) is 5.73 Å². The van der Waals surface area contributed by atoms with Crippen molar-refractivity contribution < 1.29 is 4.79 Å². The van der Waals surface area contributed by atoms with Crippen LogP contribution < -0.4 is 11.1 Å². The number of aromatic nitrogens is 3. The summed E-state index contributed by atoms with van der Waals surface area (Å²) in [5.41, 5.74) is 6.49. The highest BCUT2D eigenvalue weighted by Gasteiger charge is 2.18. The molecule has 0 aliphatic heterocycles. The van der Waals surface area contributed by atoms with Gasteiger partial charge in [0.25, 0.3) is 0 Å². The summed E-state index contributed by atoms with van der Waals surface area (Å²) in [7, 11) is 0. The minimum Gasteiger partial charge on any atom is -0.324 e. The minimum absolute atomic E-state index is 0.0311. The molecule has 0 bridgehead atoms. The molecular weight excluding hydrogens is 313 g/mol. The lowest BCUT2D eigenvalue weighted by atomic mass is 10.0. The molecule has 0 saturated carbocycles. The molecule has 0 spiro atoms. The summed E-state index contributed by atoms with van der Waals surface area (Å²) in [6.07, 6.45) is 1.65. The van der Waals surface area contributed by atoms with Crippen LogP contribution in [0.4, 0.5) is 5.69 Å². The van der Waals surface area contributed by atoms with Crippen LogP contribution in [0.3, 0.4) is 0 Å². The monoisotopic (exact) mass is 327 g/mol. The molecule has 0 saturated heterocycles. The maximum absolute atomic E-state index is 11.9. The van der Waals surface area contributed by atoms with Gasteiger partial charge >= 0.3 is 0 Å². The molecular formula is C13H15Cl2N5O. The Kier molecular flexibility index (Phi) is 4.51. The van der Waals surface area contributed by atoms with Crippen LogP contribution in [0.2, 0.25) is 10.0 Å². The van der Waals surface area contributed by atoms with Crippen molar-refractivity contribution in [1.29, 1.82) is 0 Å². The molecule has 1 amide bonds. The maximum atomic E-state index is 11.9. The van der Waals surface area contributed by atoms with Crippen LogP contribution in [0.15, 0.2) is 24.4 Å². The van der Waals surface area contributed by atoms with Crippen molar-refractivity contribution in [3.63, 3.8) is 0 Å². The van der Waals surface area contributed by atoms with Crippen LogP contribution in [0.5, 0.6) is 0 Å². The largest absolute Gasteiger partial charge is 0.324 e. The lowest BCUT2D eigenvalue weighted by molar-refractivity contribution is -0.116. The van der Waals surface area contributed by atoms with Gasteiger partial charge in [-0.1, -0.05) is 28.4 Å². The number of anilines is 1. The van der Waals surface area contributed by atoms with E-state index in [0.717, 1.165) is 0 Å². The first-order chi connectivity index (χ1) is 9.75. The van der Waals surface area contributed by atoms with Gasteiger partial charge in [-0.15, -0.1) is 5.10 Å². The molecule has 8 heteroatoms. The third kappa shape index (κ3) is 4.17. The molecule has 2 aromatic rings. The molecule has 0 aliphatic carbocycles. The van der Waals surface area contributed by atoms with Gasteiger partial charge in [0.2, 0.25) is 5.91 Å². The number of amides is 1. The van der Waals surface area contributed by atoms with E-state index in [2.05, 4.69) is 15.6 Å². The lowest BCUT2D eigenvalue weighted by Crippen LogP contribution is -2.29. The van der Waals surface area contributed by atoms with Crippen LogP contribution in [-0.2, 0) is 16.9 Å². The number of benzene rings is 1. The summed E-state index contributed by atoms with van der Waals surface area (Å²) in [5, 5.41) is 11.3. The summed E-state index contributed by atoms with van der Waals surface area (Å²) in [5.74, 6) is -0.250. The van der Waals surface area contributed by atoms with Crippen LogP contribution in [0.25, 0.3) is 0 Å². The Morgan fingerprint density at radius 1 is 1.38 bits per heavy atom. The molecule has 112 valence electrons. The third-order valence-electron chi connectivity index (χ3n) is 2.71. The first kappa shape index (κ1) is 15.8. The highest BCUT2D eigenvalue weighted by molar-refractivity contribution is 6.42. The van der Waals surface area contributed by atoms with Gasteiger partial charge in [0.15, 0.2) is 0 Å². The van der Waals surface area contributed by atoms with Crippen molar-refractivity contribution in [2.75, 3.05) is 5.32 Å². The summed E-state index contributed by atoms with van der Waals surface area (Å²) < 4.78 is 1.43. The summed E-state index contributed by atoms with van der Waals surface area (Å²) in [4.78, 5) is 11.9. The number of nitrogens with two attached hydrogens (primary N) is 1. The van der Waals surface area contributed by atoms with E-state index in [4.69, 9.17) is 28.9 Å². The average molecular weight is 328 g/mol. The lowest BCUT2D eigenvalue weighted by Gasteiger charge is -2.13. The van der Waals surface area contributed by atoms with Crippen LogP contribution in [0, 0.1) is 0 Å². The first-order valence-corrected chi connectivity index (χ1v) is 6.95. The molecule has 2 rings (SSSR count). The number of carbonyl (C=O) groups is 1. The minimum atomic E-state index is -0.599. The Morgan fingerprint density at radius 3 is 2.67 bits per heavy atom. The predicted molar refractivity (Wildman–Crippen MR) is 82.3 cm³/mol. The van der Waals surface area contributed by atoms with Crippen LogP contribution >= 0.6 is 23.2 Å². The number of hydrogen-bond acceptors (Lipinski definition) is 4. The standard InChI is InChI=1S/C13H15Cl2N5O/c1-13(2,16)11-6-20(19-18-11)7-12(21)17-8-3-4-9(14)10(15)5-8/h3-6H,7,16H2,1-2H3,(H,17,21). The third-order valence-corrected chi connectivity index (χ3v) is 3.45. The van der Waals surface area contributed by atoms with Crippen molar-refractivity contribution >= 4 is 34.8 Å². The van der Waals surface area contributed by atoms with Crippen molar-refractivity contribution in [3.8, 4) is 0 Å². The van der Waals surface area contributed by atoms with Gasteiger partial charge in [0, 0.05) is 5.69 Å². The van der Waals surface area contributed by atoms with E-state index >= 15 is 0 Å². The van der Waals surface area contributed by atoms with Gasteiger partial charge in [-0.2, -0.15) is 0 Å². The van der Waals surface area contributed by atoms with E-state index < -0.39 is 5.54 Å². The molecule has 3 N–H and O–H groups in total. The van der Waals surface area contributed by atoms with Gasteiger partial charge in [0.1, 0.15) is 12.2 Å². The Balaban J connectivity index is 2.01. The van der Waals surface area contributed by atoms with E-state index in [1.165, 1.54) is 4.68 Å². The van der Waals surface area contributed by atoms with Gasteiger partial charge in [0.05, 0.1) is 21.8 Å². The molecule has 0 aliphatic rings. The highest BCUT2D eigenvalue weighted by atomic mass is 35.5. The quantitative estimate of drug-likeness (QED) is 0.902. The fraction of sp³-hybridized carbons (Fsp3) is 0.308. The van der Waals surface area contributed by atoms with Gasteiger partial charge in [-0.3, -0.25) is 4.79 Å². The number of nitrogens with zero attached hydrogens (tertiary/aromatic N) is 3. The molecule has 6 nitrogen and oxygen atoms in total. The highest BCUT2D eigenvalue weighted by Crippen LogP contribution is 2.24.